The zero-order valence-electron chi connectivity index (χ0n) is 12.8. The number of hydrogen-bond donors (Lipinski definition) is 1. The van der Waals surface area contributed by atoms with Crippen molar-refractivity contribution < 1.29 is 9.90 Å². The number of carbonyl (C=O) groups is 1. The summed E-state index contributed by atoms with van der Waals surface area (Å²) in [6, 6.07) is 15.5. The number of carboxylic acid groups (broad SMARTS) is 1. The molecule has 6 heteroatoms. The van der Waals surface area contributed by atoms with Crippen LogP contribution in [0, 0.1) is 12.5 Å². The molecular weight excluding hydrogens is 347 g/mol. The van der Waals surface area contributed by atoms with Crippen LogP contribution in [0.3, 0.4) is 0 Å². The molecule has 1 aromatic heterocycles. The largest absolute Gasteiger partial charge is 0.481 e. The first-order chi connectivity index (χ1) is 11.5. The maximum Gasteiger partial charge on any atom is 0.303 e. The Morgan fingerprint density at radius 3 is 2.33 bits per heavy atom. The second-order valence-electron chi connectivity index (χ2n) is 4.79. The second kappa shape index (κ2) is 7.87. The van der Waals surface area contributed by atoms with Crippen molar-refractivity contribution in [1.29, 1.82) is 0 Å². The van der Waals surface area contributed by atoms with Crippen molar-refractivity contribution in [2.24, 2.45) is 0 Å². The van der Waals surface area contributed by atoms with E-state index < -0.39 is 5.97 Å². The third-order valence-electron chi connectivity index (χ3n) is 3.15. The SMILES string of the molecule is C#Cn1c(-c2ccc(Cl)cc2)nc2ccc(Cl)cc21.CCC(=O)O. The van der Waals surface area contributed by atoms with E-state index in [1.807, 2.05) is 36.4 Å². The molecule has 0 radical (unpaired) electrons. The second-order valence-corrected chi connectivity index (χ2v) is 5.66. The smallest absolute Gasteiger partial charge is 0.303 e. The Morgan fingerprint density at radius 1 is 1.21 bits per heavy atom. The number of imidazole rings is 1. The number of hydrogen-bond acceptors (Lipinski definition) is 2. The maximum atomic E-state index is 9.37. The first kappa shape index (κ1) is 17.9. The van der Waals surface area contributed by atoms with E-state index in [1.54, 1.807) is 17.6 Å². The van der Waals surface area contributed by atoms with Gasteiger partial charge in [0, 0.05) is 28.1 Å². The highest BCUT2D eigenvalue weighted by molar-refractivity contribution is 6.31. The molecule has 1 heterocycles. The average Bonchev–Trinajstić information content (AvgIpc) is 2.93. The van der Waals surface area contributed by atoms with Crippen LogP contribution in [-0.4, -0.2) is 20.6 Å². The molecule has 0 atom stereocenters. The molecule has 2 aromatic carbocycles. The van der Waals surface area contributed by atoms with E-state index in [1.165, 1.54) is 0 Å². The summed E-state index contributed by atoms with van der Waals surface area (Å²) in [5.74, 6) is -0.0403. The minimum Gasteiger partial charge on any atom is -0.481 e. The standard InChI is InChI=1S/C15H8Cl2N2.C3H6O2/c1-2-19-14-9-12(17)7-8-13(14)18-15(19)10-3-5-11(16)6-4-10;1-2-3(4)5/h1,3-9H;2H2,1H3,(H,4,5). The highest BCUT2D eigenvalue weighted by Crippen LogP contribution is 2.26. The van der Waals surface area contributed by atoms with Crippen LogP contribution in [-0.2, 0) is 4.79 Å². The van der Waals surface area contributed by atoms with Crippen LogP contribution in [0.4, 0.5) is 0 Å². The van der Waals surface area contributed by atoms with E-state index in [2.05, 4.69) is 11.0 Å². The van der Waals surface area contributed by atoms with Gasteiger partial charge in [-0.05, 0) is 42.5 Å². The van der Waals surface area contributed by atoms with Gasteiger partial charge in [-0.25, -0.2) is 4.98 Å². The number of fused-ring (bicyclic) bond motifs is 1. The number of terminal acetylenes is 1. The average molecular weight is 361 g/mol. The van der Waals surface area contributed by atoms with E-state index in [9.17, 15) is 4.79 Å². The summed E-state index contributed by atoms with van der Waals surface area (Å²) < 4.78 is 1.68. The van der Waals surface area contributed by atoms with Gasteiger partial charge in [-0.1, -0.05) is 36.5 Å². The molecule has 0 unspecified atom stereocenters. The zero-order chi connectivity index (χ0) is 17.7. The molecule has 0 aliphatic carbocycles. The molecule has 0 bridgehead atoms. The van der Waals surface area contributed by atoms with Gasteiger partial charge in [0.05, 0.1) is 11.0 Å². The molecule has 0 aliphatic rings. The first-order valence-electron chi connectivity index (χ1n) is 7.08. The highest BCUT2D eigenvalue weighted by Gasteiger charge is 2.11. The molecular formula is C18H14Cl2N2O2. The molecule has 0 saturated heterocycles. The van der Waals surface area contributed by atoms with E-state index >= 15 is 0 Å². The lowest BCUT2D eigenvalue weighted by atomic mass is 10.2. The number of nitrogens with zero attached hydrogens (tertiary/aromatic N) is 2. The number of carboxylic acids is 1. The summed E-state index contributed by atoms with van der Waals surface area (Å²) in [6.07, 6.45) is 5.80. The predicted molar refractivity (Wildman–Crippen MR) is 97.3 cm³/mol. The van der Waals surface area contributed by atoms with Crippen LogP contribution < -0.4 is 0 Å². The Bertz CT molecular complexity index is 909. The Kier molecular flexibility index (Phi) is 5.86. The van der Waals surface area contributed by atoms with Crippen LogP contribution in [0.25, 0.3) is 22.4 Å². The van der Waals surface area contributed by atoms with E-state index in [0.717, 1.165) is 16.6 Å². The van der Waals surface area contributed by atoms with Crippen molar-refractivity contribution in [3.63, 3.8) is 0 Å². The van der Waals surface area contributed by atoms with Crippen LogP contribution in [0.1, 0.15) is 13.3 Å². The van der Waals surface area contributed by atoms with Crippen molar-refractivity contribution in [3.05, 3.63) is 52.5 Å². The summed E-state index contributed by atoms with van der Waals surface area (Å²) in [5, 5.41) is 9.03. The Morgan fingerprint density at radius 2 is 1.79 bits per heavy atom. The fourth-order valence-corrected chi connectivity index (χ4v) is 2.26. The van der Waals surface area contributed by atoms with Gasteiger partial charge in [0.1, 0.15) is 0 Å². The Labute approximate surface area is 149 Å². The molecule has 24 heavy (non-hydrogen) atoms. The minimum atomic E-state index is -0.745. The normalized spacial score (nSPS) is 9.92. The van der Waals surface area contributed by atoms with Crippen LogP contribution in [0.5, 0.6) is 0 Å². The van der Waals surface area contributed by atoms with Crippen LogP contribution >= 0.6 is 23.2 Å². The van der Waals surface area contributed by atoms with E-state index in [0.29, 0.717) is 15.9 Å². The maximum absolute atomic E-state index is 9.37. The molecule has 122 valence electrons. The number of benzene rings is 2. The third kappa shape index (κ3) is 4.08. The summed E-state index contributed by atoms with van der Waals surface area (Å²) >= 11 is 11.9. The number of halogens is 2. The van der Waals surface area contributed by atoms with Gasteiger partial charge in [0.15, 0.2) is 5.82 Å². The molecule has 3 rings (SSSR count). The first-order valence-corrected chi connectivity index (χ1v) is 7.84. The molecule has 3 aromatic rings. The topological polar surface area (TPSA) is 55.1 Å². The van der Waals surface area contributed by atoms with Crippen molar-refractivity contribution in [3.8, 4) is 23.9 Å². The Balaban J connectivity index is 0.000000368. The fourth-order valence-electron chi connectivity index (χ4n) is 1.97. The van der Waals surface area contributed by atoms with Gasteiger partial charge in [-0.3, -0.25) is 9.36 Å². The number of aromatic nitrogens is 2. The minimum absolute atomic E-state index is 0.222. The fraction of sp³-hybridized carbons (Fsp3) is 0.111. The van der Waals surface area contributed by atoms with E-state index in [-0.39, 0.29) is 6.42 Å². The van der Waals surface area contributed by atoms with E-state index in [4.69, 9.17) is 34.7 Å². The quantitative estimate of drug-likeness (QED) is 0.659. The Hall–Kier alpha value is -2.48. The van der Waals surface area contributed by atoms with Gasteiger partial charge in [-0.2, -0.15) is 0 Å². The van der Waals surface area contributed by atoms with Gasteiger partial charge in [-0.15, -0.1) is 0 Å². The molecule has 0 aliphatic heterocycles. The lowest BCUT2D eigenvalue weighted by Gasteiger charge is -2.01. The summed E-state index contributed by atoms with van der Waals surface area (Å²) in [5.41, 5.74) is 2.54. The van der Waals surface area contributed by atoms with Crippen molar-refractivity contribution in [2.45, 2.75) is 13.3 Å². The molecule has 0 fully saturated rings. The predicted octanol–water partition coefficient (Wildman–Crippen LogP) is 4.93. The zero-order valence-corrected chi connectivity index (χ0v) is 14.3. The van der Waals surface area contributed by atoms with Gasteiger partial charge in [0.25, 0.3) is 0 Å². The highest BCUT2D eigenvalue weighted by atomic mass is 35.5. The van der Waals surface area contributed by atoms with Crippen molar-refractivity contribution in [1.82, 2.24) is 9.55 Å². The van der Waals surface area contributed by atoms with Crippen molar-refractivity contribution in [2.75, 3.05) is 0 Å². The van der Waals surface area contributed by atoms with Gasteiger partial charge >= 0.3 is 5.97 Å². The molecule has 1 N–H and O–H groups in total. The van der Waals surface area contributed by atoms with Crippen molar-refractivity contribution >= 4 is 40.2 Å². The molecule has 4 nitrogen and oxygen atoms in total. The molecule has 0 amide bonds. The lowest BCUT2D eigenvalue weighted by molar-refractivity contribution is -0.136. The van der Waals surface area contributed by atoms with Crippen LogP contribution in [0.2, 0.25) is 10.0 Å². The number of rotatable bonds is 2. The summed E-state index contributed by atoms with van der Waals surface area (Å²) in [7, 11) is 0. The molecule has 0 saturated carbocycles. The monoisotopic (exact) mass is 360 g/mol. The van der Waals surface area contributed by atoms with Gasteiger partial charge in [0.2, 0.25) is 0 Å². The summed E-state index contributed by atoms with van der Waals surface area (Å²) in [4.78, 5) is 13.9. The van der Waals surface area contributed by atoms with Gasteiger partial charge < -0.3 is 5.11 Å². The lowest BCUT2D eigenvalue weighted by Crippen LogP contribution is -1.92. The molecule has 0 spiro atoms. The third-order valence-corrected chi connectivity index (χ3v) is 3.64. The van der Waals surface area contributed by atoms with Crippen LogP contribution in [0.15, 0.2) is 42.5 Å². The number of aliphatic carboxylic acids is 1. The summed E-state index contributed by atoms with van der Waals surface area (Å²) in [6.45, 7) is 1.60.